The Bertz CT molecular complexity index is 1220. The fourth-order valence-corrected chi connectivity index (χ4v) is 4.96. The average Bonchev–Trinajstić information content (AvgIpc) is 3.26. The number of aryl methyl sites for hydroxylation is 1. The molecule has 0 spiro atoms. The van der Waals surface area contributed by atoms with Crippen LogP contribution in [0.15, 0.2) is 23.1 Å². The highest BCUT2D eigenvalue weighted by molar-refractivity contribution is 6.07. The monoisotopic (exact) mass is 453 g/mol. The number of hydrogen-bond donors (Lipinski definition) is 2. The maximum absolute atomic E-state index is 13.2. The lowest BCUT2D eigenvalue weighted by molar-refractivity contribution is 0.0342. The van der Waals surface area contributed by atoms with E-state index in [0.717, 1.165) is 67.7 Å². The highest BCUT2D eigenvalue weighted by Crippen LogP contribution is 2.29. The van der Waals surface area contributed by atoms with Crippen molar-refractivity contribution in [2.75, 3.05) is 46.1 Å². The predicted molar refractivity (Wildman–Crippen MR) is 126 cm³/mol. The lowest BCUT2D eigenvalue weighted by Gasteiger charge is -2.29. The minimum Gasteiger partial charge on any atom is -0.381 e. The summed E-state index contributed by atoms with van der Waals surface area (Å²) in [5.41, 5.74) is 2.79. The van der Waals surface area contributed by atoms with Gasteiger partial charge in [-0.2, -0.15) is 5.10 Å². The molecule has 2 fully saturated rings. The highest BCUT2D eigenvalue weighted by atomic mass is 16.5. The second-order valence-electron chi connectivity index (χ2n) is 9.15. The molecule has 176 valence electrons. The second-order valence-corrected chi connectivity index (χ2v) is 9.15. The number of aromatic amines is 1. The molecule has 9 heteroatoms. The van der Waals surface area contributed by atoms with Crippen molar-refractivity contribution in [1.82, 2.24) is 25.0 Å². The molecule has 2 saturated heterocycles. The number of H-pyrrole nitrogens is 1. The third-order valence-electron chi connectivity index (χ3n) is 6.70. The first-order valence-electron chi connectivity index (χ1n) is 11.7. The molecule has 0 radical (unpaired) electrons. The molecule has 0 bridgehead atoms. The van der Waals surface area contributed by atoms with E-state index in [1.807, 2.05) is 30.7 Å². The quantitative estimate of drug-likeness (QED) is 0.613. The number of amides is 1. The van der Waals surface area contributed by atoms with Crippen LogP contribution in [0, 0.1) is 6.92 Å². The summed E-state index contributed by atoms with van der Waals surface area (Å²) < 4.78 is 12.9. The van der Waals surface area contributed by atoms with Crippen LogP contribution in [0.3, 0.4) is 0 Å². The maximum Gasteiger partial charge on any atom is 0.259 e. The molecule has 2 aliphatic heterocycles. The van der Waals surface area contributed by atoms with Crippen LogP contribution in [0.2, 0.25) is 0 Å². The van der Waals surface area contributed by atoms with E-state index in [1.165, 1.54) is 0 Å². The first kappa shape index (κ1) is 22.1. The molecule has 33 heavy (non-hydrogen) atoms. The number of hydrogen-bond acceptors (Lipinski definition) is 6. The Balaban J connectivity index is 1.49. The summed E-state index contributed by atoms with van der Waals surface area (Å²) in [5, 5.41) is 9.10. The van der Waals surface area contributed by atoms with E-state index in [1.54, 1.807) is 6.20 Å². The number of morpholine rings is 1. The lowest BCUT2D eigenvalue weighted by Crippen LogP contribution is -2.46. The topological polar surface area (TPSA) is 101 Å². The molecule has 1 unspecified atom stereocenters. The summed E-state index contributed by atoms with van der Waals surface area (Å²) in [5.74, 6) is -0.105. The molecule has 5 rings (SSSR count). The van der Waals surface area contributed by atoms with Crippen molar-refractivity contribution in [2.45, 2.75) is 38.8 Å². The van der Waals surface area contributed by atoms with Gasteiger partial charge in [0.2, 0.25) is 0 Å². The first-order valence-corrected chi connectivity index (χ1v) is 11.7. The molecule has 4 heterocycles. The minimum atomic E-state index is -0.161. The summed E-state index contributed by atoms with van der Waals surface area (Å²) in [6.07, 6.45) is 3.33. The first-order chi connectivity index (χ1) is 16.0. The van der Waals surface area contributed by atoms with Gasteiger partial charge >= 0.3 is 0 Å². The third kappa shape index (κ3) is 4.40. The van der Waals surface area contributed by atoms with Crippen LogP contribution < -0.4 is 10.9 Å². The van der Waals surface area contributed by atoms with Gasteiger partial charge in [-0.25, -0.2) is 0 Å². The van der Waals surface area contributed by atoms with Crippen molar-refractivity contribution in [2.24, 2.45) is 0 Å². The van der Waals surface area contributed by atoms with Crippen LogP contribution in [0.1, 0.15) is 41.7 Å². The lowest BCUT2D eigenvalue weighted by atomic mass is 10.0. The number of rotatable bonds is 5. The Kier molecular flexibility index (Phi) is 6.18. The van der Waals surface area contributed by atoms with Crippen molar-refractivity contribution in [3.05, 3.63) is 39.8 Å². The van der Waals surface area contributed by atoms with Gasteiger partial charge in [0, 0.05) is 49.8 Å². The smallest absolute Gasteiger partial charge is 0.259 e. The number of ether oxygens (including phenoxy) is 2. The zero-order valence-electron chi connectivity index (χ0n) is 19.2. The van der Waals surface area contributed by atoms with E-state index >= 15 is 0 Å². The van der Waals surface area contributed by atoms with Crippen molar-refractivity contribution >= 4 is 27.7 Å². The van der Waals surface area contributed by atoms with Gasteiger partial charge in [-0.1, -0.05) is 0 Å². The van der Waals surface area contributed by atoms with Crippen LogP contribution in [-0.4, -0.2) is 77.7 Å². The van der Waals surface area contributed by atoms with E-state index in [4.69, 9.17) is 9.47 Å². The van der Waals surface area contributed by atoms with Crippen molar-refractivity contribution < 1.29 is 14.3 Å². The Labute approximate surface area is 192 Å². The number of nitrogens with zero attached hydrogens (tertiary/aromatic N) is 3. The van der Waals surface area contributed by atoms with Gasteiger partial charge < -0.3 is 19.8 Å². The molecule has 2 aliphatic rings. The third-order valence-corrected chi connectivity index (χ3v) is 6.70. The van der Waals surface area contributed by atoms with Crippen molar-refractivity contribution in [1.29, 1.82) is 0 Å². The summed E-state index contributed by atoms with van der Waals surface area (Å²) >= 11 is 0. The second kappa shape index (κ2) is 9.24. The molecular weight excluding hydrogens is 422 g/mol. The van der Waals surface area contributed by atoms with Gasteiger partial charge in [-0.05, 0) is 44.4 Å². The fraction of sp³-hybridized carbons (Fsp3) is 0.542. The Morgan fingerprint density at radius 1 is 1.18 bits per heavy atom. The molecule has 1 aromatic carbocycles. The van der Waals surface area contributed by atoms with Gasteiger partial charge in [-0.3, -0.25) is 19.2 Å². The minimum absolute atomic E-state index is 0.00839. The molecule has 9 nitrogen and oxygen atoms in total. The van der Waals surface area contributed by atoms with E-state index in [9.17, 15) is 9.59 Å². The van der Waals surface area contributed by atoms with E-state index in [-0.39, 0.29) is 23.6 Å². The molecule has 0 saturated carbocycles. The van der Waals surface area contributed by atoms with Crippen molar-refractivity contribution in [3.63, 3.8) is 0 Å². The number of fused-ring (bicyclic) bond motifs is 3. The number of nitrogens with one attached hydrogen (secondary N) is 2. The molecule has 0 aliphatic carbocycles. The summed E-state index contributed by atoms with van der Waals surface area (Å²) in [4.78, 5) is 31.2. The van der Waals surface area contributed by atoms with Gasteiger partial charge in [0.1, 0.15) is 0 Å². The zero-order chi connectivity index (χ0) is 22.9. The van der Waals surface area contributed by atoms with Crippen LogP contribution in [-0.2, 0) is 9.47 Å². The van der Waals surface area contributed by atoms with E-state index in [2.05, 4.69) is 20.3 Å². The van der Waals surface area contributed by atoms with Gasteiger partial charge in [0.25, 0.3) is 11.5 Å². The van der Waals surface area contributed by atoms with Gasteiger partial charge in [0.05, 0.1) is 41.9 Å². The summed E-state index contributed by atoms with van der Waals surface area (Å²) in [7, 11) is 0. The number of carbonyl (C=O) groups is 1. The van der Waals surface area contributed by atoms with Crippen LogP contribution in [0.25, 0.3) is 21.8 Å². The molecule has 3 aromatic rings. The molecule has 1 amide bonds. The average molecular weight is 454 g/mol. The summed E-state index contributed by atoms with van der Waals surface area (Å²) in [6.45, 7) is 9.32. The van der Waals surface area contributed by atoms with E-state index in [0.29, 0.717) is 24.2 Å². The highest BCUT2D eigenvalue weighted by Gasteiger charge is 2.23. The normalized spacial score (nSPS) is 19.2. The Hall–Kier alpha value is -2.75. The number of aromatic nitrogens is 3. The number of benzene rings is 1. The van der Waals surface area contributed by atoms with Crippen LogP contribution in [0.4, 0.5) is 0 Å². The standard InChI is InChI=1S/C24H31N5O4/c1-15-11-21-19(12-18(15)23(30)26-16(2)14-28-5-9-33-10-6-28)22-20(24(31)27-21)13-25-29(22)17-3-7-32-8-4-17/h11-13,16-17H,3-10,14H2,1-2H3,(H,26,30)(H,27,31). The largest absolute Gasteiger partial charge is 0.381 e. The molecule has 1 atom stereocenters. The van der Waals surface area contributed by atoms with Crippen LogP contribution >= 0.6 is 0 Å². The maximum atomic E-state index is 13.2. The number of carbonyl (C=O) groups excluding carboxylic acids is 1. The molecular formula is C24H31N5O4. The SMILES string of the molecule is Cc1cc2[nH]c(=O)c3cnn(C4CCOCC4)c3c2cc1C(=O)NC(C)CN1CCOCC1. The Morgan fingerprint density at radius 3 is 2.67 bits per heavy atom. The van der Waals surface area contributed by atoms with E-state index < -0.39 is 0 Å². The summed E-state index contributed by atoms with van der Waals surface area (Å²) in [6, 6.07) is 3.97. The predicted octanol–water partition coefficient (Wildman–Crippen LogP) is 1.99. The zero-order valence-corrected chi connectivity index (χ0v) is 19.2. The van der Waals surface area contributed by atoms with Crippen molar-refractivity contribution in [3.8, 4) is 0 Å². The van der Waals surface area contributed by atoms with Gasteiger partial charge in [0.15, 0.2) is 0 Å². The fourth-order valence-electron chi connectivity index (χ4n) is 4.96. The van der Waals surface area contributed by atoms with Gasteiger partial charge in [-0.15, -0.1) is 0 Å². The van der Waals surface area contributed by atoms with Crippen LogP contribution in [0.5, 0.6) is 0 Å². The Morgan fingerprint density at radius 2 is 1.91 bits per heavy atom. The number of pyridine rings is 1. The molecule has 2 aromatic heterocycles. The molecule has 2 N–H and O–H groups in total.